The van der Waals surface area contributed by atoms with Gasteiger partial charge in [-0.15, -0.1) is 0 Å². The minimum atomic E-state index is -0.520. The Morgan fingerprint density at radius 2 is 0.981 bits per heavy atom. The first-order valence-corrected chi connectivity index (χ1v) is 18.3. The summed E-state index contributed by atoms with van der Waals surface area (Å²) < 4.78 is 6.34. The Bertz CT molecular complexity index is 2860. The minimum Gasteiger partial charge on any atom is -0.456 e. The first kappa shape index (κ1) is 29.8. The van der Waals surface area contributed by atoms with Crippen molar-refractivity contribution in [1.82, 2.24) is 0 Å². The van der Waals surface area contributed by atoms with Crippen LogP contribution in [0.3, 0.4) is 0 Å². The molecule has 11 rings (SSSR count). The Balaban J connectivity index is 1.26. The maximum atomic E-state index is 6.34. The molecule has 2 aliphatic rings. The molecule has 2 aliphatic carbocycles. The summed E-state index contributed by atoms with van der Waals surface area (Å²) in [5.41, 5.74) is 17.1. The number of nitrogens with zero attached hydrogens (tertiary/aromatic N) is 1. The van der Waals surface area contributed by atoms with Crippen molar-refractivity contribution in [3.63, 3.8) is 0 Å². The van der Waals surface area contributed by atoms with Crippen molar-refractivity contribution < 1.29 is 4.42 Å². The van der Waals surface area contributed by atoms with Crippen LogP contribution < -0.4 is 4.90 Å². The molecule has 53 heavy (non-hydrogen) atoms. The van der Waals surface area contributed by atoms with E-state index >= 15 is 0 Å². The summed E-state index contributed by atoms with van der Waals surface area (Å²) in [7, 11) is 0. The fourth-order valence-corrected chi connectivity index (χ4v) is 9.16. The van der Waals surface area contributed by atoms with Crippen LogP contribution in [0.15, 0.2) is 192 Å². The maximum Gasteiger partial charge on any atom is 0.135 e. The van der Waals surface area contributed by atoms with Gasteiger partial charge in [-0.25, -0.2) is 0 Å². The number of rotatable bonds is 4. The van der Waals surface area contributed by atoms with Crippen molar-refractivity contribution in [1.29, 1.82) is 0 Å². The number of hydrogen-bond acceptors (Lipinski definition) is 2. The van der Waals surface area contributed by atoms with E-state index in [1.165, 1.54) is 55.6 Å². The lowest BCUT2D eigenvalue weighted by molar-refractivity contribution is 0.669. The van der Waals surface area contributed by atoms with Gasteiger partial charge in [0.1, 0.15) is 11.2 Å². The van der Waals surface area contributed by atoms with Crippen LogP contribution in [0, 0.1) is 0 Å². The van der Waals surface area contributed by atoms with E-state index < -0.39 is 5.41 Å². The number of para-hydroxylation sites is 2. The molecule has 0 saturated carbocycles. The molecule has 0 fully saturated rings. The predicted molar refractivity (Wildman–Crippen MR) is 220 cm³/mol. The van der Waals surface area contributed by atoms with Gasteiger partial charge in [-0.2, -0.15) is 0 Å². The third-order valence-electron chi connectivity index (χ3n) is 11.3. The molecular formula is C51H33NO. The van der Waals surface area contributed by atoms with Gasteiger partial charge in [-0.05, 0) is 80.9 Å². The monoisotopic (exact) mass is 675 g/mol. The van der Waals surface area contributed by atoms with Gasteiger partial charge in [0, 0.05) is 27.6 Å². The number of benzene rings is 8. The molecule has 1 spiro atoms. The van der Waals surface area contributed by atoms with Crippen LogP contribution in [0.4, 0.5) is 17.1 Å². The fraction of sp³-hybridized carbons (Fsp3) is 0.0196. The molecule has 248 valence electrons. The highest BCUT2D eigenvalue weighted by Crippen LogP contribution is 2.61. The van der Waals surface area contributed by atoms with E-state index in [1.54, 1.807) is 0 Å². The van der Waals surface area contributed by atoms with Crippen molar-refractivity contribution in [3.05, 3.63) is 221 Å². The van der Waals surface area contributed by atoms with Gasteiger partial charge >= 0.3 is 0 Å². The second kappa shape index (κ2) is 11.6. The van der Waals surface area contributed by atoms with Crippen LogP contribution in [-0.2, 0) is 5.41 Å². The zero-order chi connectivity index (χ0) is 34.9. The minimum absolute atomic E-state index is 0.520. The average molecular weight is 676 g/mol. The molecule has 0 saturated heterocycles. The van der Waals surface area contributed by atoms with Crippen LogP contribution in [-0.4, -0.2) is 0 Å². The standard InChI is InChI=1S/C51H33NO/c1-2-15-34(16-3-1)38-19-7-12-26-46(38)52(37-31-32-49-41(33-37)39-20-8-13-28-48(39)53-49)47-27-14-25-45-50(47)40-21-6-11-24-44(40)51(45)42-22-9-4-17-35(42)29-30-36-18-5-10-23-43(36)51/h1-33H. The molecule has 0 aliphatic heterocycles. The van der Waals surface area contributed by atoms with Crippen LogP contribution >= 0.6 is 0 Å². The molecule has 9 aromatic rings. The summed E-state index contributed by atoms with van der Waals surface area (Å²) in [6.07, 6.45) is 4.58. The summed E-state index contributed by atoms with van der Waals surface area (Å²) in [5.74, 6) is 0. The van der Waals surface area contributed by atoms with Gasteiger partial charge < -0.3 is 9.32 Å². The third kappa shape index (κ3) is 4.27. The van der Waals surface area contributed by atoms with Crippen LogP contribution in [0.5, 0.6) is 0 Å². The van der Waals surface area contributed by atoms with E-state index in [0.717, 1.165) is 39.0 Å². The molecule has 2 nitrogen and oxygen atoms in total. The van der Waals surface area contributed by atoms with Crippen molar-refractivity contribution in [2.24, 2.45) is 0 Å². The van der Waals surface area contributed by atoms with E-state index in [4.69, 9.17) is 4.42 Å². The molecule has 2 heteroatoms. The van der Waals surface area contributed by atoms with Crippen LogP contribution in [0.2, 0.25) is 0 Å². The van der Waals surface area contributed by atoms with E-state index in [-0.39, 0.29) is 0 Å². The molecule has 0 unspecified atom stereocenters. The molecule has 0 atom stereocenters. The lowest BCUT2D eigenvalue weighted by Gasteiger charge is -2.36. The summed E-state index contributed by atoms with van der Waals surface area (Å²) >= 11 is 0. The van der Waals surface area contributed by atoms with Crippen molar-refractivity contribution in [2.75, 3.05) is 4.90 Å². The first-order chi connectivity index (χ1) is 26.3. The van der Waals surface area contributed by atoms with Gasteiger partial charge in [-0.1, -0.05) is 164 Å². The van der Waals surface area contributed by atoms with Crippen molar-refractivity contribution in [3.8, 4) is 22.3 Å². The largest absolute Gasteiger partial charge is 0.456 e. The lowest BCUT2D eigenvalue weighted by Crippen LogP contribution is -2.30. The van der Waals surface area contributed by atoms with E-state index in [1.807, 2.05) is 6.07 Å². The second-order valence-electron chi connectivity index (χ2n) is 14.0. The summed E-state index contributed by atoms with van der Waals surface area (Å²) in [4.78, 5) is 2.48. The Kier molecular flexibility index (Phi) is 6.50. The SMILES string of the molecule is C1=Cc2ccccc2C2(c3ccccc31)c1ccccc1-c1c(N(c3ccc4oc5ccccc5c4c3)c3ccccc3-c3ccccc3)cccc12. The molecular weight excluding hydrogens is 643 g/mol. The van der Waals surface area contributed by atoms with E-state index in [9.17, 15) is 0 Å². The zero-order valence-corrected chi connectivity index (χ0v) is 28.9. The Hall–Kier alpha value is -6.90. The molecule has 1 heterocycles. The Morgan fingerprint density at radius 3 is 1.77 bits per heavy atom. The summed E-state index contributed by atoms with van der Waals surface area (Å²) in [5, 5.41) is 2.21. The fourth-order valence-electron chi connectivity index (χ4n) is 9.16. The molecule has 0 bridgehead atoms. The van der Waals surface area contributed by atoms with Crippen molar-refractivity contribution in [2.45, 2.75) is 5.41 Å². The van der Waals surface area contributed by atoms with Crippen LogP contribution in [0.1, 0.15) is 33.4 Å². The van der Waals surface area contributed by atoms with Gasteiger partial charge in [0.15, 0.2) is 0 Å². The Morgan fingerprint density at radius 1 is 0.396 bits per heavy atom. The number of fused-ring (bicyclic) bond motifs is 12. The van der Waals surface area contributed by atoms with Crippen LogP contribution in [0.25, 0.3) is 56.3 Å². The molecule has 0 radical (unpaired) electrons. The van der Waals surface area contributed by atoms with Gasteiger partial charge in [0.05, 0.1) is 16.8 Å². The number of hydrogen-bond donors (Lipinski definition) is 0. The van der Waals surface area contributed by atoms with Gasteiger partial charge in [-0.3, -0.25) is 0 Å². The van der Waals surface area contributed by atoms with Gasteiger partial charge in [0.25, 0.3) is 0 Å². The molecule has 0 amide bonds. The average Bonchev–Trinajstić information content (AvgIpc) is 3.69. The van der Waals surface area contributed by atoms with E-state index in [0.29, 0.717) is 0 Å². The molecule has 8 aromatic carbocycles. The molecule has 1 aromatic heterocycles. The smallest absolute Gasteiger partial charge is 0.135 e. The zero-order valence-electron chi connectivity index (χ0n) is 28.9. The molecule has 0 N–H and O–H groups in total. The third-order valence-corrected chi connectivity index (χ3v) is 11.3. The highest BCUT2D eigenvalue weighted by molar-refractivity contribution is 6.08. The quantitative estimate of drug-likeness (QED) is 0.185. The Labute approximate surface area is 308 Å². The lowest BCUT2D eigenvalue weighted by atomic mass is 9.66. The topological polar surface area (TPSA) is 16.4 Å². The van der Waals surface area contributed by atoms with Crippen molar-refractivity contribution >= 4 is 51.2 Å². The second-order valence-corrected chi connectivity index (χ2v) is 14.0. The highest BCUT2D eigenvalue weighted by atomic mass is 16.3. The summed E-state index contributed by atoms with van der Waals surface area (Å²) in [6, 6.07) is 68.4. The number of anilines is 3. The normalized spacial score (nSPS) is 13.4. The maximum absolute atomic E-state index is 6.34. The van der Waals surface area contributed by atoms with Gasteiger partial charge in [0.2, 0.25) is 0 Å². The predicted octanol–water partition coefficient (Wildman–Crippen LogP) is 13.6. The first-order valence-electron chi connectivity index (χ1n) is 18.3. The van der Waals surface area contributed by atoms with E-state index in [2.05, 4.69) is 199 Å². The highest BCUT2D eigenvalue weighted by Gasteiger charge is 2.49. The number of furan rings is 1. The summed E-state index contributed by atoms with van der Waals surface area (Å²) in [6.45, 7) is 0.